The number of aliphatic hydroxyl groups is 1. The number of halogens is 5. The summed E-state index contributed by atoms with van der Waals surface area (Å²) in [6.45, 7) is 0.0544. The Morgan fingerprint density at radius 3 is 2.71 bits per heavy atom. The smallest absolute Gasteiger partial charge is 0.442 e. The molecule has 132 valence electrons. The predicted molar refractivity (Wildman–Crippen MR) is 81.3 cm³/mol. The molecule has 2 rings (SSSR count). The van der Waals surface area contributed by atoms with Crippen molar-refractivity contribution in [2.45, 2.75) is 24.7 Å². The van der Waals surface area contributed by atoms with Crippen molar-refractivity contribution in [2.24, 2.45) is 0 Å². The van der Waals surface area contributed by atoms with Crippen molar-refractivity contribution in [1.29, 1.82) is 0 Å². The van der Waals surface area contributed by atoms with Crippen LogP contribution < -0.4 is 10.2 Å². The van der Waals surface area contributed by atoms with E-state index in [2.05, 4.69) is 5.43 Å². The van der Waals surface area contributed by atoms with Gasteiger partial charge in [-0.2, -0.15) is 13.2 Å². The topological polar surface area (TPSA) is 61.8 Å². The van der Waals surface area contributed by atoms with E-state index in [-0.39, 0.29) is 29.5 Å². The molecule has 0 aromatic heterocycles. The second-order valence-electron chi connectivity index (χ2n) is 4.94. The second kappa shape index (κ2) is 7.08. The summed E-state index contributed by atoms with van der Waals surface area (Å²) < 4.78 is 43.9. The van der Waals surface area contributed by atoms with Crippen LogP contribution in [0, 0.1) is 0 Å². The maximum absolute atomic E-state index is 12.9. The Bertz CT molecular complexity index is 655. The number of carbonyl (C=O) groups excluding carboxylic acids is 1. The van der Waals surface area contributed by atoms with Gasteiger partial charge in [0.2, 0.25) is 5.91 Å². The SMILES string of the molecule is O=C(CCCOc1ccc(Cl)cc1Cl)N1NC=C[C@@]1(O)C(F)(F)F. The third kappa shape index (κ3) is 3.88. The molecular weight excluding hydrogens is 372 g/mol. The van der Waals surface area contributed by atoms with Crippen molar-refractivity contribution in [3.05, 3.63) is 40.5 Å². The number of ether oxygens (including phenoxy) is 1. The highest BCUT2D eigenvalue weighted by molar-refractivity contribution is 6.35. The summed E-state index contributed by atoms with van der Waals surface area (Å²) in [7, 11) is 0. The molecule has 10 heteroatoms. The third-order valence-electron chi connectivity index (χ3n) is 3.21. The van der Waals surface area contributed by atoms with Crippen molar-refractivity contribution in [1.82, 2.24) is 10.4 Å². The van der Waals surface area contributed by atoms with E-state index in [0.717, 1.165) is 6.20 Å². The summed E-state index contributed by atoms with van der Waals surface area (Å²) in [5.74, 6) is -0.577. The largest absolute Gasteiger partial charge is 0.492 e. The van der Waals surface area contributed by atoms with Gasteiger partial charge in [-0.3, -0.25) is 4.79 Å². The van der Waals surface area contributed by atoms with Crippen LogP contribution in [0.4, 0.5) is 13.2 Å². The number of hydrogen-bond donors (Lipinski definition) is 2. The van der Waals surface area contributed by atoms with Gasteiger partial charge in [0.25, 0.3) is 5.72 Å². The average molecular weight is 385 g/mol. The van der Waals surface area contributed by atoms with Gasteiger partial charge in [0.05, 0.1) is 11.6 Å². The van der Waals surface area contributed by atoms with E-state index < -0.39 is 17.8 Å². The summed E-state index contributed by atoms with van der Waals surface area (Å²) in [5.41, 5.74) is -1.27. The highest BCUT2D eigenvalue weighted by Crippen LogP contribution is 2.36. The molecule has 1 atom stereocenters. The lowest BCUT2D eigenvalue weighted by Gasteiger charge is -2.33. The number of nitrogens with one attached hydrogen (secondary N) is 1. The lowest BCUT2D eigenvalue weighted by molar-refractivity contribution is -0.288. The van der Waals surface area contributed by atoms with Gasteiger partial charge in [0.15, 0.2) is 0 Å². The average Bonchev–Trinajstić information content (AvgIpc) is 2.88. The van der Waals surface area contributed by atoms with Crippen LogP contribution in [0.5, 0.6) is 5.75 Å². The van der Waals surface area contributed by atoms with Gasteiger partial charge in [0, 0.05) is 17.6 Å². The molecule has 0 spiro atoms. The molecular formula is C14H13Cl2F3N2O3. The molecule has 1 heterocycles. The predicted octanol–water partition coefficient (Wildman–Crippen LogP) is 3.26. The molecule has 5 nitrogen and oxygen atoms in total. The number of alkyl halides is 3. The fourth-order valence-corrected chi connectivity index (χ4v) is 2.46. The molecule has 0 saturated carbocycles. The van der Waals surface area contributed by atoms with E-state index in [4.69, 9.17) is 27.9 Å². The first-order chi connectivity index (χ1) is 11.1. The van der Waals surface area contributed by atoms with Gasteiger partial charge < -0.3 is 15.3 Å². The fraction of sp³-hybridized carbons (Fsp3) is 0.357. The van der Waals surface area contributed by atoms with Gasteiger partial charge in [-0.1, -0.05) is 23.2 Å². The standard InChI is InChI=1S/C14H13Cl2F3N2O3/c15-9-3-4-11(10(16)8-9)24-7-1-2-12(22)21-13(23,5-6-20-21)14(17,18)19/h3-6,8,20,23H,1-2,7H2/t13-/m1/s1. The van der Waals surface area contributed by atoms with E-state index in [0.29, 0.717) is 16.8 Å². The third-order valence-corrected chi connectivity index (χ3v) is 3.74. The van der Waals surface area contributed by atoms with Crippen LogP contribution in [-0.2, 0) is 4.79 Å². The first kappa shape index (κ1) is 18.7. The lowest BCUT2D eigenvalue weighted by Crippen LogP contribution is -2.60. The molecule has 0 bridgehead atoms. The molecule has 24 heavy (non-hydrogen) atoms. The molecule has 2 N–H and O–H groups in total. The molecule has 0 fully saturated rings. The molecule has 0 aliphatic carbocycles. The summed E-state index contributed by atoms with van der Waals surface area (Å²) in [5, 5.41) is 10.5. The zero-order chi connectivity index (χ0) is 18.0. The Hall–Kier alpha value is -1.64. The number of benzene rings is 1. The highest BCUT2D eigenvalue weighted by Gasteiger charge is 2.60. The summed E-state index contributed by atoms with van der Waals surface area (Å²) in [6.07, 6.45) is -3.83. The van der Waals surface area contributed by atoms with E-state index in [1.807, 2.05) is 0 Å². The summed E-state index contributed by atoms with van der Waals surface area (Å²) in [6, 6.07) is 4.59. The molecule has 0 unspecified atom stereocenters. The van der Waals surface area contributed by atoms with Crippen molar-refractivity contribution >= 4 is 29.1 Å². The zero-order valence-electron chi connectivity index (χ0n) is 12.1. The number of amides is 1. The first-order valence-corrected chi connectivity index (χ1v) is 7.54. The van der Waals surface area contributed by atoms with E-state index in [1.54, 1.807) is 12.1 Å². The van der Waals surface area contributed by atoms with Crippen molar-refractivity contribution in [3.8, 4) is 5.75 Å². The Kier molecular flexibility index (Phi) is 5.52. The van der Waals surface area contributed by atoms with Crippen LogP contribution in [0.25, 0.3) is 0 Å². The summed E-state index contributed by atoms with van der Waals surface area (Å²) >= 11 is 11.6. The minimum atomic E-state index is -5.02. The second-order valence-corrected chi connectivity index (χ2v) is 5.79. The molecule has 1 amide bonds. The van der Waals surface area contributed by atoms with Crippen molar-refractivity contribution < 1.29 is 27.8 Å². The number of rotatable bonds is 5. The fourth-order valence-electron chi connectivity index (χ4n) is 1.99. The van der Waals surface area contributed by atoms with Gasteiger partial charge in [-0.05, 0) is 30.7 Å². The normalized spacial score (nSPS) is 20.2. The molecule has 1 aromatic rings. The van der Waals surface area contributed by atoms with Crippen LogP contribution in [0.1, 0.15) is 12.8 Å². The number of hydrazine groups is 1. The summed E-state index contributed by atoms with van der Waals surface area (Å²) in [4.78, 5) is 11.9. The van der Waals surface area contributed by atoms with Crippen LogP contribution in [0.2, 0.25) is 10.0 Å². The van der Waals surface area contributed by atoms with Gasteiger partial charge in [-0.15, -0.1) is 0 Å². The molecule has 1 aromatic carbocycles. The van der Waals surface area contributed by atoms with E-state index in [1.165, 1.54) is 6.07 Å². The van der Waals surface area contributed by atoms with Gasteiger partial charge in [-0.25, -0.2) is 5.01 Å². The maximum atomic E-state index is 12.9. The number of nitrogens with zero attached hydrogens (tertiary/aromatic N) is 1. The number of carbonyl (C=O) groups is 1. The Labute approximate surface area is 145 Å². The maximum Gasteiger partial charge on any atom is 0.442 e. The minimum Gasteiger partial charge on any atom is -0.492 e. The Morgan fingerprint density at radius 2 is 2.08 bits per heavy atom. The molecule has 1 aliphatic rings. The Balaban J connectivity index is 1.85. The lowest BCUT2D eigenvalue weighted by atomic mass is 10.2. The molecule has 0 radical (unpaired) electrons. The molecule has 0 saturated heterocycles. The minimum absolute atomic E-state index is 0.0544. The number of hydrogen-bond acceptors (Lipinski definition) is 4. The van der Waals surface area contributed by atoms with Crippen molar-refractivity contribution in [2.75, 3.05) is 6.61 Å². The van der Waals surface area contributed by atoms with Crippen molar-refractivity contribution in [3.63, 3.8) is 0 Å². The van der Waals surface area contributed by atoms with Gasteiger partial charge in [0.1, 0.15) is 5.75 Å². The molecule has 1 aliphatic heterocycles. The Morgan fingerprint density at radius 1 is 1.38 bits per heavy atom. The van der Waals surface area contributed by atoms with Crippen LogP contribution in [-0.4, -0.2) is 34.5 Å². The van der Waals surface area contributed by atoms with Crippen LogP contribution in [0.3, 0.4) is 0 Å². The van der Waals surface area contributed by atoms with E-state index >= 15 is 0 Å². The van der Waals surface area contributed by atoms with Crippen LogP contribution >= 0.6 is 23.2 Å². The van der Waals surface area contributed by atoms with Gasteiger partial charge >= 0.3 is 6.18 Å². The quantitative estimate of drug-likeness (QED) is 0.764. The van der Waals surface area contributed by atoms with Crippen LogP contribution in [0.15, 0.2) is 30.5 Å². The van der Waals surface area contributed by atoms with E-state index in [9.17, 15) is 23.1 Å². The monoisotopic (exact) mass is 384 g/mol. The zero-order valence-corrected chi connectivity index (χ0v) is 13.6. The highest BCUT2D eigenvalue weighted by atomic mass is 35.5. The first-order valence-electron chi connectivity index (χ1n) is 6.79.